The number of carbonyl (C=O) groups is 2. The Morgan fingerprint density at radius 1 is 0.812 bits per heavy atom. The van der Waals surface area contributed by atoms with Gasteiger partial charge in [0.1, 0.15) is 11.6 Å². The van der Waals surface area contributed by atoms with Crippen LogP contribution in [0.25, 0.3) is 22.3 Å². The van der Waals surface area contributed by atoms with E-state index in [0.29, 0.717) is 16.7 Å². The highest BCUT2D eigenvalue weighted by molar-refractivity contribution is 6.05. The van der Waals surface area contributed by atoms with Gasteiger partial charge in [0.25, 0.3) is 5.91 Å². The van der Waals surface area contributed by atoms with Gasteiger partial charge in [-0.2, -0.15) is 0 Å². The van der Waals surface area contributed by atoms with E-state index in [0.717, 1.165) is 44.2 Å². The fourth-order valence-corrected chi connectivity index (χ4v) is 4.27. The molecule has 1 aliphatic carbocycles. The Balaban J connectivity index is 1.82. The topological polar surface area (TPSA) is 66.4 Å². The van der Waals surface area contributed by atoms with Crippen molar-refractivity contribution in [2.24, 2.45) is 0 Å². The van der Waals surface area contributed by atoms with Crippen molar-refractivity contribution >= 4 is 11.9 Å². The zero-order valence-electron chi connectivity index (χ0n) is 17.4. The number of halogens is 2. The van der Waals surface area contributed by atoms with Crippen LogP contribution in [0.5, 0.6) is 0 Å². The largest absolute Gasteiger partial charge is 0.478 e. The minimum absolute atomic E-state index is 0.0463. The van der Waals surface area contributed by atoms with E-state index in [2.05, 4.69) is 5.32 Å². The Hall–Kier alpha value is -3.54. The molecule has 0 heterocycles. The molecule has 2 N–H and O–H groups in total. The van der Waals surface area contributed by atoms with Gasteiger partial charge in [0, 0.05) is 23.2 Å². The van der Waals surface area contributed by atoms with E-state index in [9.17, 15) is 23.5 Å². The summed E-state index contributed by atoms with van der Waals surface area (Å²) < 4.78 is 27.8. The van der Waals surface area contributed by atoms with Crippen LogP contribution in [-0.2, 0) is 0 Å². The Labute approximate surface area is 184 Å². The molecule has 3 aromatic carbocycles. The zero-order valence-corrected chi connectivity index (χ0v) is 17.4. The molecule has 0 unspecified atom stereocenters. The maximum atomic E-state index is 14.4. The fraction of sp³-hybridized carbons (Fsp3) is 0.231. The summed E-state index contributed by atoms with van der Waals surface area (Å²) in [5.41, 5.74) is 1.75. The quantitative estimate of drug-likeness (QED) is 0.512. The van der Waals surface area contributed by atoms with E-state index in [-0.39, 0.29) is 28.6 Å². The zero-order chi connectivity index (χ0) is 22.7. The van der Waals surface area contributed by atoms with E-state index in [1.807, 2.05) is 0 Å². The molecule has 1 fully saturated rings. The van der Waals surface area contributed by atoms with Crippen LogP contribution in [-0.4, -0.2) is 23.0 Å². The van der Waals surface area contributed by atoms with Crippen molar-refractivity contribution in [2.45, 2.75) is 38.1 Å². The highest BCUT2D eigenvalue weighted by Gasteiger charge is 2.22. The van der Waals surface area contributed by atoms with E-state index in [1.54, 1.807) is 36.4 Å². The third kappa shape index (κ3) is 4.54. The Kier molecular flexibility index (Phi) is 6.30. The first-order chi connectivity index (χ1) is 15.4. The number of aromatic carboxylic acids is 1. The lowest BCUT2D eigenvalue weighted by atomic mass is 9.91. The first-order valence-corrected chi connectivity index (χ1v) is 10.7. The molecule has 0 radical (unpaired) electrons. The van der Waals surface area contributed by atoms with Crippen LogP contribution < -0.4 is 5.32 Å². The molecule has 0 bridgehead atoms. The maximum Gasteiger partial charge on any atom is 0.336 e. The van der Waals surface area contributed by atoms with Crippen LogP contribution in [0, 0.1) is 11.6 Å². The average Bonchev–Trinajstić information content (AvgIpc) is 2.79. The van der Waals surface area contributed by atoms with Gasteiger partial charge in [-0.15, -0.1) is 0 Å². The molecule has 1 amide bonds. The Bertz CT molecular complexity index is 1170. The third-order valence-electron chi connectivity index (χ3n) is 5.89. The molecule has 164 valence electrons. The number of benzene rings is 3. The Morgan fingerprint density at radius 2 is 1.50 bits per heavy atom. The first kappa shape index (κ1) is 21.7. The van der Waals surface area contributed by atoms with Crippen molar-refractivity contribution in [1.29, 1.82) is 0 Å². The highest BCUT2D eigenvalue weighted by Crippen LogP contribution is 2.33. The second kappa shape index (κ2) is 9.30. The predicted octanol–water partition coefficient (Wildman–Crippen LogP) is 6.06. The SMILES string of the molecule is O=C(O)c1ccccc1-c1ccc(-c2ccc(F)cc2F)cc1C(=O)NC1CCCCC1. The van der Waals surface area contributed by atoms with Gasteiger partial charge in [0.15, 0.2) is 0 Å². The van der Waals surface area contributed by atoms with Crippen LogP contribution in [0.1, 0.15) is 52.8 Å². The van der Waals surface area contributed by atoms with Gasteiger partial charge in [0.05, 0.1) is 5.56 Å². The number of carboxylic acid groups (broad SMARTS) is 1. The summed E-state index contributed by atoms with van der Waals surface area (Å²) in [6, 6.07) is 14.6. The lowest BCUT2D eigenvalue weighted by Crippen LogP contribution is -2.36. The van der Waals surface area contributed by atoms with Gasteiger partial charge in [-0.1, -0.05) is 49.6 Å². The van der Waals surface area contributed by atoms with Crippen molar-refractivity contribution in [2.75, 3.05) is 0 Å². The van der Waals surface area contributed by atoms with E-state index in [4.69, 9.17) is 0 Å². The molecule has 32 heavy (non-hydrogen) atoms. The Morgan fingerprint density at radius 3 is 2.22 bits per heavy atom. The number of nitrogens with one attached hydrogen (secondary N) is 1. The molecular formula is C26H23F2NO3. The lowest BCUT2D eigenvalue weighted by Gasteiger charge is -2.23. The van der Waals surface area contributed by atoms with Gasteiger partial charge in [-0.05, 0) is 53.8 Å². The van der Waals surface area contributed by atoms with Crippen LogP contribution in [0.2, 0.25) is 0 Å². The summed E-state index contributed by atoms with van der Waals surface area (Å²) >= 11 is 0. The third-order valence-corrected chi connectivity index (χ3v) is 5.89. The summed E-state index contributed by atoms with van der Waals surface area (Å²) in [6.07, 6.45) is 5.00. The summed E-state index contributed by atoms with van der Waals surface area (Å²) in [7, 11) is 0. The van der Waals surface area contributed by atoms with E-state index < -0.39 is 17.6 Å². The predicted molar refractivity (Wildman–Crippen MR) is 119 cm³/mol. The van der Waals surface area contributed by atoms with Gasteiger partial charge >= 0.3 is 5.97 Å². The molecule has 4 rings (SSSR count). The average molecular weight is 435 g/mol. The monoisotopic (exact) mass is 435 g/mol. The van der Waals surface area contributed by atoms with Gasteiger partial charge in [-0.3, -0.25) is 4.79 Å². The van der Waals surface area contributed by atoms with Crippen molar-refractivity contribution in [3.63, 3.8) is 0 Å². The van der Waals surface area contributed by atoms with Gasteiger partial charge in [0.2, 0.25) is 0 Å². The van der Waals surface area contributed by atoms with Crippen molar-refractivity contribution < 1.29 is 23.5 Å². The second-order valence-corrected chi connectivity index (χ2v) is 8.04. The van der Waals surface area contributed by atoms with E-state index >= 15 is 0 Å². The molecule has 0 atom stereocenters. The normalized spacial score (nSPS) is 14.2. The standard InChI is InChI=1S/C26H23F2NO3/c27-17-11-13-19(24(28)15-17)16-10-12-21(20-8-4-5-9-22(20)26(31)32)23(14-16)25(30)29-18-6-2-1-3-7-18/h4-5,8-15,18H,1-3,6-7H2,(H,29,30)(H,31,32). The fourth-order valence-electron chi connectivity index (χ4n) is 4.27. The number of carbonyl (C=O) groups excluding carboxylic acids is 1. The van der Waals surface area contributed by atoms with Crippen LogP contribution in [0.3, 0.4) is 0 Å². The molecular weight excluding hydrogens is 412 g/mol. The second-order valence-electron chi connectivity index (χ2n) is 8.04. The van der Waals surface area contributed by atoms with Crippen molar-refractivity contribution in [3.8, 4) is 22.3 Å². The van der Waals surface area contributed by atoms with Gasteiger partial charge in [-0.25, -0.2) is 13.6 Å². The molecule has 0 saturated heterocycles. The van der Waals surface area contributed by atoms with Crippen LogP contribution >= 0.6 is 0 Å². The minimum Gasteiger partial charge on any atom is -0.478 e. The smallest absolute Gasteiger partial charge is 0.336 e. The molecule has 1 saturated carbocycles. The number of rotatable bonds is 5. The summed E-state index contributed by atoms with van der Waals surface area (Å²) in [4.78, 5) is 25.1. The maximum absolute atomic E-state index is 14.4. The minimum atomic E-state index is -1.10. The molecule has 0 spiro atoms. The summed E-state index contributed by atoms with van der Waals surface area (Å²) in [6.45, 7) is 0. The summed E-state index contributed by atoms with van der Waals surface area (Å²) in [5, 5.41) is 12.7. The van der Waals surface area contributed by atoms with Crippen molar-refractivity contribution in [3.05, 3.63) is 83.4 Å². The molecule has 0 aromatic heterocycles. The number of carboxylic acids is 1. The molecule has 0 aliphatic heterocycles. The number of amides is 1. The molecule has 4 nitrogen and oxygen atoms in total. The lowest BCUT2D eigenvalue weighted by molar-refractivity contribution is 0.0697. The molecule has 6 heteroatoms. The van der Waals surface area contributed by atoms with Crippen molar-refractivity contribution in [1.82, 2.24) is 5.32 Å². The first-order valence-electron chi connectivity index (χ1n) is 10.7. The number of hydrogen-bond donors (Lipinski definition) is 2. The molecule has 3 aromatic rings. The van der Waals surface area contributed by atoms with E-state index in [1.165, 1.54) is 12.1 Å². The van der Waals surface area contributed by atoms with Crippen LogP contribution in [0.4, 0.5) is 8.78 Å². The molecule has 1 aliphatic rings. The van der Waals surface area contributed by atoms with Crippen LogP contribution in [0.15, 0.2) is 60.7 Å². The summed E-state index contributed by atoms with van der Waals surface area (Å²) in [5.74, 6) is -2.86. The van der Waals surface area contributed by atoms with Gasteiger partial charge < -0.3 is 10.4 Å². The number of hydrogen-bond acceptors (Lipinski definition) is 2. The highest BCUT2D eigenvalue weighted by atomic mass is 19.1.